The van der Waals surface area contributed by atoms with E-state index in [1.165, 1.54) is 12.0 Å². The number of nitrogens with zero attached hydrogens (tertiary/aromatic N) is 1. The van der Waals surface area contributed by atoms with Gasteiger partial charge in [-0.3, -0.25) is 4.90 Å². The van der Waals surface area contributed by atoms with Crippen molar-refractivity contribution in [3.05, 3.63) is 23.2 Å². The summed E-state index contributed by atoms with van der Waals surface area (Å²) < 4.78 is 5.54. The van der Waals surface area contributed by atoms with E-state index in [4.69, 9.17) is 10.2 Å². The van der Waals surface area contributed by atoms with E-state index in [1.807, 2.05) is 6.92 Å². The van der Waals surface area contributed by atoms with E-state index in [2.05, 4.69) is 24.8 Å². The van der Waals surface area contributed by atoms with Crippen molar-refractivity contribution < 1.29 is 4.42 Å². The summed E-state index contributed by atoms with van der Waals surface area (Å²) >= 11 is 0. The number of furan rings is 1. The first-order chi connectivity index (χ1) is 7.21. The van der Waals surface area contributed by atoms with Crippen molar-refractivity contribution in [1.29, 1.82) is 0 Å². The van der Waals surface area contributed by atoms with Crippen molar-refractivity contribution in [2.75, 3.05) is 13.1 Å². The molecule has 0 aromatic carbocycles. The summed E-state index contributed by atoms with van der Waals surface area (Å²) in [4.78, 5) is 2.41. The first-order valence-corrected chi connectivity index (χ1v) is 5.71. The third-order valence-corrected chi connectivity index (χ3v) is 2.65. The molecule has 0 amide bonds. The molecule has 0 atom stereocenters. The molecule has 0 unspecified atom stereocenters. The van der Waals surface area contributed by atoms with E-state index in [-0.39, 0.29) is 0 Å². The first-order valence-electron chi connectivity index (χ1n) is 5.71. The van der Waals surface area contributed by atoms with E-state index >= 15 is 0 Å². The molecule has 0 bridgehead atoms. The predicted molar refractivity (Wildman–Crippen MR) is 62.6 cm³/mol. The fourth-order valence-electron chi connectivity index (χ4n) is 1.75. The summed E-state index contributed by atoms with van der Waals surface area (Å²) in [6.45, 7) is 10.1. The zero-order chi connectivity index (χ0) is 11.3. The quantitative estimate of drug-likeness (QED) is 0.783. The Bertz CT molecular complexity index is 294. The largest absolute Gasteiger partial charge is 0.465 e. The topological polar surface area (TPSA) is 42.4 Å². The Hall–Kier alpha value is -0.800. The number of nitrogens with two attached hydrogens (primary N) is 1. The third-order valence-electron chi connectivity index (χ3n) is 2.65. The zero-order valence-electron chi connectivity index (χ0n) is 10.0. The fourth-order valence-corrected chi connectivity index (χ4v) is 1.75. The molecule has 1 aromatic rings. The molecule has 0 spiro atoms. The summed E-state index contributed by atoms with van der Waals surface area (Å²) in [5.74, 6) is 1.89. The van der Waals surface area contributed by atoms with Crippen LogP contribution in [0.4, 0.5) is 0 Å². The Kier molecular flexibility index (Phi) is 4.85. The van der Waals surface area contributed by atoms with Gasteiger partial charge in [0, 0.05) is 12.1 Å². The molecule has 15 heavy (non-hydrogen) atoms. The smallest absolute Gasteiger partial charge is 0.118 e. The summed E-state index contributed by atoms with van der Waals surface area (Å²) in [6.07, 6.45) is 1.19. The van der Waals surface area contributed by atoms with Gasteiger partial charge in [-0.1, -0.05) is 13.8 Å². The molecule has 0 aliphatic carbocycles. The number of hydrogen-bond acceptors (Lipinski definition) is 3. The molecule has 1 aromatic heterocycles. The minimum atomic E-state index is 0.487. The minimum Gasteiger partial charge on any atom is -0.465 e. The van der Waals surface area contributed by atoms with E-state index in [9.17, 15) is 0 Å². The second-order valence-electron chi connectivity index (χ2n) is 3.87. The number of aryl methyl sites for hydroxylation is 1. The van der Waals surface area contributed by atoms with Crippen molar-refractivity contribution in [1.82, 2.24) is 4.90 Å². The molecule has 3 nitrogen and oxygen atoms in total. The van der Waals surface area contributed by atoms with Crippen LogP contribution >= 0.6 is 0 Å². The molecule has 1 rings (SSSR count). The summed E-state index contributed by atoms with van der Waals surface area (Å²) in [7, 11) is 0. The molecule has 0 saturated heterocycles. The molecular weight excluding hydrogens is 188 g/mol. The molecule has 1 heterocycles. The maximum Gasteiger partial charge on any atom is 0.118 e. The molecule has 3 heteroatoms. The molecule has 0 fully saturated rings. The molecule has 0 aliphatic rings. The van der Waals surface area contributed by atoms with Gasteiger partial charge < -0.3 is 10.2 Å². The summed E-state index contributed by atoms with van der Waals surface area (Å²) in [5.41, 5.74) is 6.82. The van der Waals surface area contributed by atoms with Gasteiger partial charge in [0.25, 0.3) is 0 Å². The van der Waals surface area contributed by atoms with E-state index < -0.39 is 0 Å². The molecule has 86 valence electrons. The van der Waals surface area contributed by atoms with Crippen LogP contribution in [0.3, 0.4) is 0 Å². The monoisotopic (exact) mass is 210 g/mol. The Balaban J connectivity index is 2.65. The van der Waals surface area contributed by atoms with Crippen LogP contribution < -0.4 is 5.73 Å². The molecule has 0 radical (unpaired) electrons. The van der Waals surface area contributed by atoms with Crippen LogP contribution in [0.25, 0.3) is 0 Å². The highest BCUT2D eigenvalue weighted by Gasteiger charge is 2.09. The Morgan fingerprint density at radius 2 is 2.13 bits per heavy atom. The second kappa shape index (κ2) is 5.93. The average Bonchev–Trinajstić information content (AvgIpc) is 2.59. The highest BCUT2D eigenvalue weighted by molar-refractivity contribution is 5.20. The number of hydrogen-bond donors (Lipinski definition) is 1. The van der Waals surface area contributed by atoms with Gasteiger partial charge in [-0.05, 0) is 32.5 Å². The van der Waals surface area contributed by atoms with Crippen molar-refractivity contribution in [3.8, 4) is 0 Å². The summed E-state index contributed by atoms with van der Waals surface area (Å²) in [6, 6.07) is 2.08. The van der Waals surface area contributed by atoms with Crippen LogP contribution in [0.2, 0.25) is 0 Å². The van der Waals surface area contributed by atoms with Crippen LogP contribution in [-0.4, -0.2) is 18.0 Å². The third kappa shape index (κ3) is 3.36. The molecule has 2 N–H and O–H groups in total. The van der Waals surface area contributed by atoms with Crippen LogP contribution in [0.5, 0.6) is 0 Å². The molecule has 0 aliphatic heterocycles. The lowest BCUT2D eigenvalue weighted by molar-refractivity contribution is 0.278. The van der Waals surface area contributed by atoms with Gasteiger partial charge in [0.15, 0.2) is 0 Å². The van der Waals surface area contributed by atoms with E-state index in [1.54, 1.807) is 0 Å². The van der Waals surface area contributed by atoms with Crippen molar-refractivity contribution in [2.45, 2.75) is 40.3 Å². The van der Waals surface area contributed by atoms with Gasteiger partial charge in [-0.25, -0.2) is 0 Å². The fraction of sp³-hybridized carbons (Fsp3) is 0.667. The second-order valence-corrected chi connectivity index (χ2v) is 3.87. The lowest BCUT2D eigenvalue weighted by Crippen LogP contribution is -2.23. The van der Waals surface area contributed by atoms with Gasteiger partial charge in [0.2, 0.25) is 0 Å². The highest BCUT2D eigenvalue weighted by atomic mass is 16.3. The lowest BCUT2D eigenvalue weighted by atomic mass is 10.2. The Labute approximate surface area is 92.2 Å². The summed E-state index contributed by atoms with van der Waals surface area (Å²) in [5, 5.41) is 0. The highest BCUT2D eigenvalue weighted by Crippen LogP contribution is 2.16. The first kappa shape index (κ1) is 12.3. The Morgan fingerprint density at radius 3 is 2.60 bits per heavy atom. The van der Waals surface area contributed by atoms with Gasteiger partial charge in [0.1, 0.15) is 11.5 Å². The minimum absolute atomic E-state index is 0.487. The van der Waals surface area contributed by atoms with Gasteiger partial charge in [0.05, 0.1) is 6.54 Å². The predicted octanol–water partition coefficient (Wildman–Crippen LogP) is 2.28. The van der Waals surface area contributed by atoms with Gasteiger partial charge >= 0.3 is 0 Å². The van der Waals surface area contributed by atoms with Crippen LogP contribution in [0, 0.1) is 6.92 Å². The zero-order valence-corrected chi connectivity index (χ0v) is 10.0. The average molecular weight is 210 g/mol. The van der Waals surface area contributed by atoms with E-state index in [0.717, 1.165) is 31.2 Å². The van der Waals surface area contributed by atoms with Crippen molar-refractivity contribution in [3.63, 3.8) is 0 Å². The maximum atomic E-state index is 5.55. The van der Waals surface area contributed by atoms with Crippen molar-refractivity contribution in [2.24, 2.45) is 5.73 Å². The normalized spacial score (nSPS) is 11.3. The SMILES string of the molecule is CCCN(CC)Cc1cc(CN)oc1C. The molecular formula is C12H22N2O. The maximum absolute atomic E-state index is 5.55. The number of rotatable bonds is 6. The Morgan fingerprint density at radius 1 is 1.40 bits per heavy atom. The lowest BCUT2D eigenvalue weighted by Gasteiger charge is -2.18. The standard InChI is InChI=1S/C12H22N2O/c1-4-6-14(5-2)9-11-7-12(8-13)15-10(11)3/h7H,4-6,8-9,13H2,1-3H3. The van der Waals surface area contributed by atoms with Crippen LogP contribution in [0.15, 0.2) is 10.5 Å². The van der Waals surface area contributed by atoms with Crippen LogP contribution in [0.1, 0.15) is 37.4 Å². The van der Waals surface area contributed by atoms with Crippen molar-refractivity contribution >= 4 is 0 Å². The van der Waals surface area contributed by atoms with Crippen LogP contribution in [-0.2, 0) is 13.1 Å². The van der Waals surface area contributed by atoms with Gasteiger partial charge in [-0.15, -0.1) is 0 Å². The van der Waals surface area contributed by atoms with E-state index in [0.29, 0.717) is 6.54 Å². The molecule has 0 saturated carbocycles. The van der Waals surface area contributed by atoms with Gasteiger partial charge in [-0.2, -0.15) is 0 Å².